The predicted octanol–water partition coefficient (Wildman–Crippen LogP) is 5.22. The first-order valence-electron chi connectivity index (χ1n) is 15.5. The molecular formula is C33H43N7OS. The van der Waals surface area contributed by atoms with Crippen LogP contribution >= 0.6 is 12.2 Å². The molecule has 2 aromatic carbocycles. The molecule has 3 aliphatic heterocycles. The largest absolute Gasteiger partial charge is 0.381 e. The minimum Gasteiger partial charge on any atom is -0.381 e. The molecule has 1 unspecified atom stereocenters. The van der Waals surface area contributed by atoms with Gasteiger partial charge in [0.2, 0.25) is 5.95 Å². The third kappa shape index (κ3) is 6.63. The van der Waals surface area contributed by atoms with E-state index in [9.17, 15) is 0 Å². The first-order valence-corrected chi connectivity index (χ1v) is 15.9. The number of para-hydroxylation sites is 1. The Kier molecular flexibility index (Phi) is 9.05. The van der Waals surface area contributed by atoms with Crippen LogP contribution in [0.1, 0.15) is 44.6 Å². The molecule has 1 aromatic heterocycles. The van der Waals surface area contributed by atoms with Crippen LogP contribution in [0.2, 0.25) is 0 Å². The molecule has 1 atom stereocenters. The lowest BCUT2D eigenvalue weighted by Crippen LogP contribution is -2.47. The van der Waals surface area contributed by atoms with E-state index in [-0.39, 0.29) is 5.41 Å². The number of piperidine rings is 1. The highest BCUT2D eigenvalue weighted by Gasteiger charge is 2.34. The molecule has 0 saturated carbocycles. The molecule has 3 aromatic rings. The Morgan fingerprint density at radius 2 is 1.55 bits per heavy atom. The summed E-state index contributed by atoms with van der Waals surface area (Å²) in [5.74, 6) is 2.50. The molecule has 9 heteroatoms. The van der Waals surface area contributed by atoms with E-state index < -0.39 is 0 Å². The van der Waals surface area contributed by atoms with Gasteiger partial charge in [0.25, 0.3) is 0 Å². The minimum atomic E-state index is -0.0131. The van der Waals surface area contributed by atoms with Crippen molar-refractivity contribution in [3.05, 3.63) is 72.3 Å². The van der Waals surface area contributed by atoms with Gasteiger partial charge in [-0.15, -0.1) is 0 Å². The van der Waals surface area contributed by atoms with Crippen LogP contribution in [0.15, 0.2) is 66.7 Å². The monoisotopic (exact) mass is 585 g/mol. The van der Waals surface area contributed by atoms with Gasteiger partial charge in [-0.2, -0.15) is 9.97 Å². The number of piperazine rings is 1. The van der Waals surface area contributed by atoms with Gasteiger partial charge in [-0.25, -0.2) is 0 Å². The molecule has 3 aliphatic rings. The van der Waals surface area contributed by atoms with Gasteiger partial charge in [0.15, 0.2) is 5.11 Å². The van der Waals surface area contributed by atoms with E-state index in [1.54, 1.807) is 0 Å². The van der Waals surface area contributed by atoms with Gasteiger partial charge in [0.1, 0.15) is 11.6 Å². The van der Waals surface area contributed by atoms with Crippen LogP contribution in [0.25, 0.3) is 0 Å². The fraction of sp³-hybridized carbons (Fsp3) is 0.485. The van der Waals surface area contributed by atoms with Crippen molar-refractivity contribution in [3.63, 3.8) is 0 Å². The maximum absolute atomic E-state index is 5.83. The third-order valence-corrected chi connectivity index (χ3v) is 9.42. The molecule has 0 aliphatic carbocycles. The van der Waals surface area contributed by atoms with Gasteiger partial charge in [-0.05, 0) is 68.9 Å². The van der Waals surface area contributed by atoms with Crippen LogP contribution < -0.4 is 25.3 Å². The maximum Gasteiger partial charge on any atom is 0.232 e. The van der Waals surface area contributed by atoms with Crippen molar-refractivity contribution >= 4 is 40.6 Å². The minimum absolute atomic E-state index is 0.0131. The highest BCUT2D eigenvalue weighted by molar-refractivity contribution is 7.80. The van der Waals surface area contributed by atoms with Crippen molar-refractivity contribution in [2.75, 3.05) is 72.5 Å². The fourth-order valence-corrected chi connectivity index (χ4v) is 6.74. The lowest BCUT2D eigenvalue weighted by Gasteiger charge is -2.38. The summed E-state index contributed by atoms with van der Waals surface area (Å²) in [5.41, 5.74) is 2.60. The number of ether oxygens (including phenoxy) is 1. The molecule has 4 heterocycles. The molecule has 2 N–H and O–H groups in total. The van der Waals surface area contributed by atoms with Crippen molar-refractivity contribution in [2.24, 2.45) is 0 Å². The Hall–Kier alpha value is -3.43. The molecule has 3 saturated heterocycles. The second-order valence-corrected chi connectivity index (χ2v) is 12.2. The number of thiocarbonyl (C=S) groups is 1. The van der Waals surface area contributed by atoms with Gasteiger partial charge in [-0.1, -0.05) is 48.5 Å². The van der Waals surface area contributed by atoms with Crippen LogP contribution in [0.4, 0.5) is 23.3 Å². The van der Waals surface area contributed by atoms with Crippen molar-refractivity contribution < 1.29 is 4.74 Å². The lowest BCUT2D eigenvalue weighted by molar-refractivity contribution is 0.0515. The van der Waals surface area contributed by atoms with Gasteiger partial charge in [-0.3, -0.25) is 0 Å². The first kappa shape index (κ1) is 28.7. The smallest absolute Gasteiger partial charge is 0.232 e. The molecule has 8 nitrogen and oxygen atoms in total. The highest BCUT2D eigenvalue weighted by atomic mass is 32.1. The van der Waals surface area contributed by atoms with Crippen LogP contribution in [0.5, 0.6) is 0 Å². The number of hydrogen-bond donors (Lipinski definition) is 2. The molecule has 6 rings (SSSR count). The molecule has 0 spiro atoms. The summed E-state index contributed by atoms with van der Waals surface area (Å²) in [4.78, 5) is 17.3. The van der Waals surface area contributed by atoms with E-state index in [0.29, 0.717) is 17.1 Å². The Morgan fingerprint density at radius 3 is 2.26 bits per heavy atom. The number of aromatic nitrogens is 2. The fourth-order valence-electron chi connectivity index (χ4n) is 6.57. The second kappa shape index (κ2) is 13.3. The number of nitrogens with zero attached hydrogens (tertiary/aromatic N) is 5. The van der Waals surface area contributed by atoms with Crippen LogP contribution in [0, 0.1) is 0 Å². The van der Waals surface area contributed by atoms with E-state index >= 15 is 0 Å². The lowest BCUT2D eigenvalue weighted by atomic mass is 9.74. The van der Waals surface area contributed by atoms with Gasteiger partial charge in [0.05, 0.1) is 0 Å². The van der Waals surface area contributed by atoms with Gasteiger partial charge < -0.3 is 30.1 Å². The predicted molar refractivity (Wildman–Crippen MR) is 176 cm³/mol. The summed E-state index contributed by atoms with van der Waals surface area (Å²) in [6.45, 7) is 9.31. The number of hydrogen-bond acceptors (Lipinski definition) is 7. The average Bonchev–Trinajstić information content (AvgIpc) is 3.05. The zero-order chi connectivity index (χ0) is 28.8. The van der Waals surface area contributed by atoms with Gasteiger partial charge >= 0.3 is 0 Å². The zero-order valence-corrected chi connectivity index (χ0v) is 25.5. The Morgan fingerprint density at radius 1 is 0.881 bits per heavy atom. The molecule has 0 bridgehead atoms. The summed E-state index contributed by atoms with van der Waals surface area (Å²) in [6, 6.07) is 24.0. The first-order chi connectivity index (χ1) is 20.6. The Balaban J connectivity index is 1.18. The van der Waals surface area contributed by atoms with Crippen LogP contribution in [-0.4, -0.2) is 73.6 Å². The van der Waals surface area contributed by atoms with E-state index in [4.69, 9.17) is 26.9 Å². The molecule has 42 heavy (non-hydrogen) atoms. The third-order valence-electron chi connectivity index (χ3n) is 9.17. The quantitative estimate of drug-likeness (QED) is 0.364. The maximum atomic E-state index is 5.83. The number of anilines is 4. The van der Waals surface area contributed by atoms with Crippen molar-refractivity contribution in [1.82, 2.24) is 15.3 Å². The topological polar surface area (TPSA) is 68.8 Å². The molecular weight excluding hydrogens is 542 g/mol. The van der Waals surface area contributed by atoms with Crippen molar-refractivity contribution in [1.29, 1.82) is 0 Å². The second-order valence-electron chi connectivity index (χ2n) is 11.8. The Labute approximate surface area is 255 Å². The molecule has 3 fully saturated rings. The number of benzene rings is 2. The Bertz CT molecular complexity index is 1310. The highest BCUT2D eigenvalue weighted by Crippen LogP contribution is 2.34. The standard InChI is InChI=1S/C33H43N7OS/c1-26-10-8-9-17-40(26)30-24-29(39-20-18-38(19-21-39)28-13-6-3-7-14-28)35-31(36-30)37-32(42)34-25-33(15-22-41-23-16-33)27-11-4-2-5-12-27/h2-7,11-14,24,26H,8-10,15-23,25H2,1H3,(H2,34,35,36,37,42). The van der Waals surface area contributed by atoms with Crippen molar-refractivity contribution in [3.8, 4) is 0 Å². The summed E-state index contributed by atoms with van der Waals surface area (Å²) >= 11 is 5.83. The summed E-state index contributed by atoms with van der Waals surface area (Å²) < 4.78 is 5.72. The zero-order valence-electron chi connectivity index (χ0n) is 24.7. The molecule has 0 amide bonds. The normalized spacial score (nSPS) is 20.7. The van der Waals surface area contributed by atoms with E-state index in [2.05, 4.69) is 99.0 Å². The van der Waals surface area contributed by atoms with Crippen molar-refractivity contribution in [2.45, 2.75) is 50.5 Å². The van der Waals surface area contributed by atoms with Gasteiger partial charge in [0, 0.05) is 75.7 Å². The number of nitrogens with one attached hydrogen (secondary N) is 2. The average molecular weight is 586 g/mol. The van der Waals surface area contributed by atoms with Crippen LogP contribution in [0.3, 0.4) is 0 Å². The van der Waals surface area contributed by atoms with E-state index in [1.807, 2.05) is 0 Å². The number of rotatable bonds is 7. The van der Waals surface area contributed by atoms with E-state index in [1.165, 1.54) is 30.5 Å². The SMILES string of the molecule is CC1CCCCN1c1cc(N2CCN(c3ccccc3)CC2)nc(NC(=S)NCC2(c3ccccc3)CCOCC2)n1. The summed E-state index contributed by atoms with van der Waals surface area (Å²) in [6.07, 6.45) is 5.57. The van der Waals surface area contributed by atoms with Crippen LogP contribution in [-0.2, 0) is 10.2 Å². The molecule has 222 valence electrons. The van der Waals surface area contributed by atoms with E-state index in [0.717, 1.165) is 77.0 Å². The molecule has 0 radical (unpaired) electrons. The summed E-state index contributed by atoms with van der Waals surface area (Å²) in [5, 5.41) is 7.44. The summed E-state index contributed by atoms with van der Waals surface area (Å²) in [7, 11) is 0.